The highest BCUT2D eigenvalue weighted by molar-refractivity contribution is 5.77. The van der Waals surface area contributed by atoms with Crippen LogP contribution in [0.25, 0.3) is 44.5 Å². The Bertz CT molecular complexity index is 1510. The minimum atomic E-state index is 0.213. The fourth-order valence-electron chi connectivity index (χ4n) is 6.50. The molecule has 0 saturated carbocycles. The van der Waals surface area contributed by atoms with Crippen molar-refractivity contribution in [2.75, 3.05) is 6.54 Å². The van der Waals surface area contributed by atoms with Crippen molar-refractivity contribution >= 4 is 0 Å². The number of benzene rings is 6. The second-order valence-electron chi connectivity index (χ2n) is 11.3. The summed E-state index contributed by atoms with van der Waals surface area (Å²) < 4.78 is 0. The lowest BCUT2D eigenvalue weighted by molar-refractivity contribution is 0.541. The van der Waals surface area contributed by atoms with Crippen molar-refractivity contribution in [1.29, 1.82) is 0 Å². The van der Waals surface area contributed by atoms with Crippen molar-refractivity contribution in [3.63, 3.8) is 0 Å². The van der Waals surface area contributed by atoms with Gasteiger partial charge in [0, 0.05) is 12.0 Å². The fourth-order valence-corrected chi connectivity index (χ4v) is 6.50. The van der Waals surface area contributed by atoms with E-state index in [0.717, 1.165) is 13.0 Å². The number of rotatable bonds is 7. The van der Waals surface area contributed by atoms with Crippen LogP contribution < -0.4 is 5.32 Å². The maximum absolute atomic E-state index is 3.89. The van der Waals surface area contributed by atoms with Crippen LogP contribution in [0.4, 0.5) is 0 Å². The monoisotopic (exact) mass is 541 g/mol. The molecular formula is C41H35N. The van der Waals surface area contributed by atoms with Gasteiger partial charge in [-0.25, -0.2) is 0 Å². The molecule has 0 spiro atoms. The van der Waals surface area contributed by atoms with E-state index in [-0.39, 0.29) is 5.92 Å². The van der Waals surface area contributed by atoms with E-state index < -0.39 is 0 Å². The van der Waals surface area contributed by atoms with Gasteiger partial charge in [-0.1, -0.05) is 146 Å². The van der Waals surface area contributed by atoms with E-state index in [0.29, 0.717) is 6.04 Å². The predicted octanol–water partition coefficient (Wildman–Crippen LogP) is 10.2. The topological polar surface area (TPSA) is 12.0 Å². The first-order valence-corrected chi connectivity index (χ1v) is 15.1. The molecule has 1 fully saturated rings. The van der Waals surface area contributed by atoms with Gasteiger partial charge in [-0.2, -0.15) is 0 Å². The third-order valence-electron chi connectivity index (χ3n) is 8.56. The van der Waals surface area contributed by atoms with Crippen molar-refractivity contribution in [3.05, 3.63) is 169 Å². The van der Waals surface area contributed by atoms with Gasteiger partial charge in [-0.3, -0.25) is 0 Å². The fraction of sp³-hybridized carbons (Fsp3) is 0.122. The van der Waals surface area contributed by atoms with Gasteiger partial charge in [0.1, 0.15) is 0 Å². The Morgan fingerprint density at radius 1 is 0.405 bits per heavy atom. The molecule has 7 rings (SSSR count). The highest BCUT2D eigenvalue weighted by Gasteiger charge is 2.29. The van der Waals surface area contributed by atoms with Crippen molar-refractivity contribution in [1.82, 2.24) is 5.32 Å². The number of hydrogen-bond donors (Lipinski definition) is 1. The first-order chi connectivity index (χ1) is 20.8. The van der Waals surface area contributed by atoms with E-state index in [1.54, 1.807) is 0 Å². The minimum absolute atomic E-state index is 0.213. The lowest BCUT2D eigenvalue weighted by atomic mass is 9.80. The molecule has 6 aromatic rings. The molecule has 1 N–H and O–H groups in total. The molecule has 0 aliphatic carbocycles. The second kappa shape index (κ2) is 12.0. The Hall–Kier alpha value is -4.72. The van der Waals surface area contributed by atoms with Crippen LogP contribution in [0.1, 0.15) is 29.9 Å². The normalized spacial score (nSPS) is 14.7. The molecule has 1 heteroatoms. The van der Waals surface area contributed by atoms with E-state index in [2.05, 4.69) is 163 Å². The quantitative estimate of drug-likeness (QED) is 0.212. The smallest absolute Gasteiger partial charge is 0.0244 e. The van der Waals surface area contributed by atoms with Crippen LogP contribution in [0.15, 0.2) is 158 Å². The van der Waals surface area contributed by atoms with Gasteiger partial charge in [-0.15, -0.1) is 0 Å². The summed E-state index contributed by atoms with van der Waals surface area (Å²) in [5, 5.41) is 3.89. The summed E-state index contributed by atoms with van der Waals surface area (Å²) in [7, 11) is 0. The van der Waals surface area contributed by atoms with Gasteiger partial charge >= 0.3 is 0 Å². The van der Waals surface area contributed by atoms with E-state index in [1.807, 2.05) is 0 Å². The molecule has 0 bridgehead atoms. The maximum Gasteiger partial charge on any atom is 0.0244 e. The molecule has 0 unspecified atom stereocenters. The average molecular weight is 542 g/mol. The van der Waals surface area contributed by atoms with Crippen LogP contribution in [0.3, 0.4) is 0 Å². The van der Waals surface area contributed by atoms with E-state index >= 15 is 0 Å². The van der Waals surface area contributed by atoms with Crippen molar-refractivity contribution in [2.24, 2.45) is 0 Å². The van der Waals surface area contributed by atoms with Crippen LogP contribution in [0.5, 0.6) is 0 Å². The molecule has 1 atom stereocenters. The Labute approximate surface area is 249 Å². The summed E-state index contributed by atoms with van der Waals surface area (Å²) in [6.07, 6.45) is 2.37. The zero-order valence-corrected chi connectivity index (χ0v) is 23.8. The molecule has 0 radical (unpaired) electrons. The number of hydrogen-bond acceptors (Lipinski definition) is 1. The Morgan fingerprint density at radius 2 is 0.738 bits per heavy atom. The van der Waals surface area contributed by atoms with Crippen molar-refractivity contribution in [2.45, 2.75) is 24.8 Å². The van der Waals surface area contributed by atoms with Crippen molar-refractivity contribution in [3.8, 4) is 44.5 Å². The predicted molar refractivity (Wildman–Crippen MR) is 177 cm³/mol. The summed E-state index contributed by atoms with van der Waals surface area (Å²) in [5.41, 5.74) is 12.8. The molecule has 204 valence electrons. The van der Waals surface area contributed by atoms with Gasteiger partial charge in [0.25, 0.3) is 0 Å². The third kappa shape index (κ3) is 5.57. The summed E-state index contributed by atoms with van der Waals surface area (Å²) in [6.45, 7) is 1.06. The van der Waals surface area contributed by atoms with Gasteiger partial charge in [0.2, 0.25) is 0 Å². The van der Waals surface area contributed by atoms with Gasteiger partial charge in [-0.05, 0) is 87.2 Å². The minimum Gasteiger partial charge on any atom is -0.313 e. The molecular weight excluding hydrogens is 506 g/mol. The van der Waals surface area contributed by atoms with E-state index in [9.17, 15) is 0 Å². The molecule has 1 heterocycles. The molecule has 42 heavy (non-hydrogen) atoms. The number of nitrogens with one attached hydrogen (secondary N) is 1. The standard InChI is InChI=1S/C41H35N/c1-5-14-30(15-6-1)34-24-35(31-16-7-2-8-17-31)27-38(26-34)41(40-22-13-23-42-40)39-28-36(32-18-9-3-10-19-32)25-37(29-39)33-20-11-4-12-21-33/h1-12,14-21,24-29,40-42H,13,22-23H2/t40-/m1/s1. The lowest BCUT2D eigenvalue weighted by Crippen LogP contribution is -2.29. The lowest BCUT2D eigenvalue weighted by Gasteiger charge is -2.27. The Balaban J connectivity index is 1.45. The molecule has 1 nitrogen and oxygen atoms in total. The first kappa shape index (κ1) is 26.2. The van der Waals surface area contributed by atoms with Crippen molar-refractivity contribution < 1.29 is 0 Å². The van der Waals surface area contributed by atoms with Crippen LogP contribution in [-0.2, 0) is 0 Å². The van der Waals surface area contributed by atoms with Gasteiger partial charge < -0.3 is 5.32 Å². The zero-order valence-electron chi connectivity index (χ0n) is 23.8. The Kier molecular flexibility index (Phi) is 7.50. The third-order valence-corrected chi connectivity index (χ3v) is 8.56. The zero-order chi connectivity index (χ0) is 28.1. The van der Waals surface area contributed by atoms with E-state index in [4.69, 9.17) is 0 Å². The molecule has 6 aromatic carbocycles. The Morgan fingerprint density at radius 3 is 1.02 bits per heavy atom. The van der Waals surface area contributed by atoms with Crippen LogP contribution >= 0.6 is 0 Å². The van der Waals surface area contributed by atoms with Crippen LogP contribution in [-0.4, -0.2) is 12.6 Å². The first-order valence-electron chi connectivity index (χ1n) is 15.1. The highest BCUT2D eigenvalue weighted by atomic mass is 14.9. The van der Waals surface area contributed by atoms with E-state index in [1.165, 1.54) is 62.1 Å². The van der Waals surface area contributed by atoms with Crippen LogP contribution in [0.2, 0.25) is 0 Å². The molecule has 1 aliphatic rings. The largest absolute Gasteiger partial charge is 0.313 e. The SMILES string of the molecule is c1ccc(-c2cc(-c3ccccc3)cc(C(c3cc(-c4ccccc4)cc(-c4ccccc4)c3)[C@H]3CCCN3)c2)cc1. The second-order valence-corrected chi connectivity index (χ2v) is 11.3. The summed E-state index contributed by atoms with van der Waals surface area (Å²) in [4.78, 5) is 0. The average Bonchev–Trinajstić information content (AvgIpc) is 3.61. The molecule has 1 saturated heterocycles. The van der Waals surface area contributed by atoms with Crippen LogP contribution in [0, 0.1) is 0 Å². The highest BCUT2D eigenvalue weighted by Crippen LogP contribution is 2.40. The maximum atomic E-state index is 3.89. The summed E-state index contributed by atoms with van der Waals surface area (Å²) in [5.74, 6) is 0.213. The van der Waals surface area contributed by atoms with Gasteiger partial charge in [0.15, 0.2) is 0 Å². The molecule has 0 amide bonds. The summed E-state index contributed by atoms with van der Waals surface area (Å²) >= 11 is 0. The molecule has 0 aromatic heterocycles. The molecule has 1 aliphatic heterocycles. The summed E-state index contributed by atoms with van der Waals surface area (Å²) in [6, 6.07) is 58.0. The van der Waals surface area contributed by atoms with Gasteiger partial charge in [0.05, 0.1) is 0 Å².